The number of hydrogen-bond donors (Lipinski definition) is 1. The molecule has 0 bridgehead atoms. The highest BCUT2D eigenvalue weighted by atomic mass is 19.4. The van der Waals surface area contributed by atoms with Gasteiger partial charge in [-0.15, -0.1) is 13.2 Å². The summed E-state index contributed by atoms with van der Waals surface area (Å²) < 4.78 is 43.3. The van der Waals surface area contributed by atoms with Crippen molar-refractivity contribution in [2.75, 3.05) is 13.1 Å². The Morgan fingerprint density at radius 1 is 1.03 bits per heavy atom. The lowest BCUT2D eigenvalue weighted by molar-refractivity contribution is -0.274. The number of imidazole rings is 1. The van der Waals surface area contributed by atoms with E-state index in [1.807, 2.05) is 41.1 Å². The van der Waals surface area contributed by atoms with Crippen molar-refractivity contribution in [3.8, 4) is 5.75 Å². The van der Waals surface area contributed by atoms with Crippen LogP contribution in [0.15, 0.2) is 79.3 Å². The van der Waals surface area contributed by atoms with Gasteiger partial charge in [-0.05, 0) is 60.0 Å². The van der Waals surface area contributed by atoms with Crippen LogP contribution >= 0.6 is 0 Å². The fourth-order valence-electron chi connectivity index (χ4n) is 4.48. The highest BCUT2D eigenvalue weighted by molar-refractivity contribution is 5.95. The number of amides is 2. The Balaban J connectivity index is 1.17. The molecule has 0 spiro atoms. The van der Waals surface area contributed by atoms with Crippen molar-refractivity contribution in [1.29, 1.82) is 0 Å². The molecular formula is C27H23F3N4O3. The Labute approximate surface area is 210 Å². The second-order valence-electron chi connectivity index (χ2n) is 8.84. The van der Waals surface area contributed by atoms with Crippen molar-refractivity contribution in [1.82, 2.24) is 19.6 Å². The van der Waals surface area contributed by atoms with Crippen LogP contribution in [0, 0.1) is 0 Å². The first kappa shape index (κ1) is 24.4. The third-order valence-electron chi connectivity index (χ3n) is 6.35. The molecule has 0 radical (unpaired) electrons. The Kier molecular flexibility index (Phi) is 6.56. The second-order valence-corrected chi connectivity index (χ2v) is 8.84. The van der Waals surface area contributed by atoms with Gasteiger partial charge < -0.3 is 19.4 Å². The fourth-order valence-corrected chi connectivity index (χ4v) is 4.48. The lowest BCUT2D eigenvalue weighted by Crippen LogP contribution is -2.28. The van der Waals surface area contributed by atoms with Crippen LogP contribution in [0.4, 0.5) is 13.2 Å². The van der Waals surface area contributed by atoms with E-state index in [4.69, 9.17) is 0 Å². The van der Waals surface area contributed by atoms with Crippen molar-refractivity contribution in [2.45, 2.75) is 25.2 Å². The highest BCUT2D eigenvalue weighted by Crippen LogP contribution is 2.29. The molecule has 4 aromatic rings. The largest absolute Gasteiger partial charge is 0.573 e. The Morgan fingerprint density at radius 3 is 2.62 bits per heavy atom. The predicted molar refractivity (Wildman–Crippen MR) is 129 cm³/mol. The van der Waals surface area contributed by atoms with Crippen molar-refractivity contribution in [2.24, 2.45) is 0 Å². The monoisotopic (exact) mass is 508 g/mol. The third kappa shape index (κ3) is 5.74. The van der Waals surface area contributed by atoms with E-state index in [1.165, 1.54) is 12.1 Å². The van der Waals surface area contributed by atoms with Crippen LogP contribution in [0.2, 0.25) is 0 Å². The van der Waals surface area contributed by atoms with Gasteiger partial charge >= 0.3 is 6.36 Å². The zero-order chi connectivity index (χ0) is 26.0. The second kappa shape index (κ2) is 9.96. The minimum atomic E-state index is -4.82. The Morgan fingerprint density at radius 2 is 1.84 bits per heavy atom. The number of pyridine rings is 1. The smallest absolute Gasteiger partial charge is 0.406 e. The molecule has 10 heteroatoms. The maximum Gasteiger partial charge on any atom is 0.573 e. The molecule has 1 aliphatic rings. The Hall–Kier alpha value is -4.34. The first-order valence-electron chi connectivity index (χ1n) is 11.7. The highest BCUT2D eigenvalue weighted by Gasteiger charge is 2.32. The molecule has 7 nitrogen and oxygen atoms in total. The van der Waals surface area contributed by atoms with Crippen LogP contribution < -0.4 is 10.1 Å². The van der Waals surface area contributed by atoms with Crippen molar-refractivity contribution < 1.29 is 27.5 Å². The molecule has 1 unspecified atom stereocenters. The molecule has 1 N–H and O–H groups in total. The first-order chi connectivity index (χ1) is 17.7. The number of nitrogens with zero attached hydrogens (tertiary/aromatic N) is 3. The molecule has 2 aromatic carbocycles. The number of aromatic nitrogens is 2. The minimum absolute atomic E-state index is 0.0666. The molecule has 1 fully saturated rings. The number of alkyl halides is 3. The SMILES string of the molecule is O=C(NCc1ccn2ccnc2c1)c1ccc(C2CCN(C(=O)c3cccc(OC(F)(F)F)c3)C2)cc1. The van der Waals surface area contributed by atoms with Gasteiger partial charge in [-0.2, -0.15) is 0 Å². The summed E-state index contributed by atoms with van der Waals surface area (Å²) in [7, 11) is 0. The lowest BCUT2D eigenvalue weighted by atomic mass is 9.97. The van der Waals surface area contributed by atoms with Crippen molar-refractivity contribution in [3.05, 3.63) is 102 Å². The van der Waals surface area contributed by atoms with Gasteiger partial charge in [-0.1, -0.05) is 18.2 Å². The van der Waals surface area contributed by atoms with Crippen LogP contribution in [0.3, 0.4) is 0 Å². The molecule has 37 heavy (non-hydrogen) atoms. The molecule has 2 amide bonds. The number of likely N-dealkylation sites (tertiary alicyclic amines) is 1. The van der Waals surface area contributed by atoms with Crippen LogP contribution in [0.1, 0.15) is 44.2 Å². The van der Waals surface area contributed by atoms with Gasteiger partial charge in [-0.25, -0.2) is 4.98 Å². The summed E-state index contributed by atoms with van der Waals surface area (Å²) in [6.45, 7) is 1.29. The summed E-state index contributed by atoms with van der Waals surface area (Å²) in [6, 6.07) is 16.2. The summed E-state index contributed by atoms with van der Waals surface area (Å²) in [4.78, 5) is 31.3. The van der Waals surface area contributed by atoms with Crippen LogP contribution in [-0.4, -0.2) is 45.6 Å². The molecule has 1 atom stereocenters. The van der Waals surface area contributed by atoms with E-state index >= 15 is 0 Å². The van der Waals surface area contributed by atoms with E-state index in [0.717, 1.165) is 28.9 Å². The van der Waals surface area contributed by atoms with Gasteiger partial charge in [0.2, 0.25) is 0 Å². The Bertz CT molecular complexity index is 1430. The molecule has 1 aliphatic heterocycles. The van der Waals surface area contributed by atoms with E-state index in [2.05, 4.69) is 15.0 Å². The van der Waals surface area contributed by atoms with Crippen molar-refractivity contribution in [3.63, 3.8) is 0 Å². The average Bonchev–Trinajstić information content (AvgIpc) is 3.56. The molecule has 2 aromatic heterocycles. The summed E-state index contributed by atoms with van der Waals surface area (Å²) in [5, 5.41) is 2.91. The number of hydrogen-bond acceptors (Lipinski definition) is 4. The summed E-state index contributed by atoms with van der Waals surface area (Å²) in [6.07, 6.45) is 1.35. The molecule has 1 saturated heterocycles. The van der Waals surface area contributed by atoms with E-state index in [0.29, 0.717) is 31.6 Å². The van der Waals surface area contributed by atoms with E-state index in [1.54, 1.807) is 23.2 Å². The molecular weight excluding hydrogens is 485 g/mol. The van der Waals surface area contributed by atoms with Gasteiger partial charge in [0.15, 0.2) is 0 Å². The zero-order valence-electron chi connectivity index (χ0n) is 19.6. The summed E-state index contributed by atoms with van der Waals surface area (Å²) >= 11 is 0. The number of rotatable bonds is 6. The number of halogens is 3. The van der Waals surface area contributed by atoms with E-state index in [9.17, 15) is 22.8 Å². The van der Waals surface area contributed by atoms with Gasteiger partial charge in [0, 0.05) is 55.3 Å². The van der Waals surface area contributed by atoms with Gasteiger partial charge in [0.25, 0.3) is 11.8 Å². The summed E-state index contributed by atoms with van der Waals surface area (Å²) in [5.74, 6) is -0.902. The number of benzene rings is 2. The maximum absolute atomic E-state index is 12.9. The lowest BCUT2D eigenvalue weighted by Gasteiger charge is -2.18. The normalized spacial score (nSPS) is 15.6. The molecule has 190 valence electrons. The standard InChI is InChI=1S/C27H23F3N4O3/c28-27(29,30)37-23-3-1-2-21(15-23)26(36)34-12-9-22(17-34)19-4-6-20(7-5-19)25(35)32-16-18-8-11-33-13-10-31-24(33)14-18/h1-8,10-11,13-15,22H,9,12,16-17H2,(H,32,35). The number of ether oxygens (including phenoxy) is 1. The van der Waals surface area contributed by atoms with Gasteiger partial charge in [-0.3, -0.25) is 9.59 Å². The van der Waals surface area contributed by atoms with E-state index < -0.39 is 12.1 Å². The number of carbonyl (C=O) groups excluding carboxylic acids is 2. The predicted octanol–water partition coefficient (Wildman–Crippen LogP) is 4.79. The maximum atomic E-state index is 12.9. The quantitative estimate of drug-likeness (QED) is 0.406. The zero-order valence-corrected chi connectivity index (χ0v) is 19.6. The van der Waals surface area contributed by atoms with Crippen LogP contribution in [-0.2, 0) is 6.54 Å². The number of nitrogens with one attached hydrogen (secondary N) is 1. The molecule has 0 saturated carbocycles. The number of fused-ring (bicyclic) bond motifs is 1. The first-order valence-corrected chi connectivity index (χ1v) is 11.7. The third-order valence-corrected chi connectivity index (χ3v) is 6.35. The van der Waals surface area contributed by atoms with Crippen LogP contribution in [0.5, 0.6) is 5.75 Å². The fraction of sp³-hybridized carbons (Fsp3) is 0.222. The van der Waals surface area contributed by atoms with Gasteiger partial charge in [0.1, 0.15) is 11.4 Å². The van der Waals surface area contributed by atoms with E-state index in [-0.39, 0.29) is 23.3 Å². The minimum Gasteiger partial charge on any atom is -0.406 e. The topological polar surface area (TPSA) is 75.9 Å². The van der Waals surface area contributed by atoms with Gasteiger partial charge in [0.05, 0.1) is 0 Å². The van der Waals surface area contributed by atoms with Crippen LogP contribution in [0.25, 0.3) is 5.65 Å². The molecule has 5 rings (SSSR count). The number of carbonyl (C=O) groups is 2. The summed E-state index contributed by atoms with van der Waals surface area (Å²) in [5.41, 5.74) is 3.41. The van der Waals surface area contributed by atoms with Crippen molar-refractivity contribution >= 4 is 17.5 Å². The molecule has 3 heterocycles. The molecule has 0 aliphatic carbocycles. The average molecular weight is 509 g/mol.